The molecule has 0 bridgehead atoms. The maximum atomic E-state index is 13.5. The summed E-state index contributed by atoms with van der Waals surface area (Å²) in [6.45, 7) is 0.437. The standard InChI is InChI=1S/C17H19F2N3O3/c1-21-6-11(5-20-21)14-8-22(7-12(14)9-23)17(24)10-25-16-3-2-13(18)4-15(16)19/h2-6,12,14,23H,7-10H2,1H3/t12-,14-/m0/s1. The van der Waals surface area contributed by atoms with Crippen molar-refractivity contribution in [3.63, 3.8) is 0 Å². The normalized spacial score (nSPS) is 20.1. The van der Waals surface area contributed by atoms with Crippen molar-refractivity contribution < 1.29 is 23.4 Å². The molecular weight excluding hydrogens is 332 g/mol. The first-order valence-electron chi connectivity index (χ1n) is 7.93. The van der Waals surface area contributed by atoms with Crippen LogP contribution in [-0.4, -0.2) is 52.0 Å². The fourth-order valence-electron chi connectivity index (χ4n) is 3.09. The van der Waals surface area contributed by atoms with E-state index in [2.05, 4.69) is 5.10 Å². The molecule has 2 atom stereocenters. The number of aromatic nitrogens is 2. The Labute approximate surface area is 143 Å². The first-order chi connectivity index (χ1) is 12.0. The summed E-state index contributed by atoms with van der Waals surface area (Å²) in [5, 5.41) is 13.7. The van der Waals surface area contributed by atoms with Gasteiger partial charge in [0.15, 0.2) is 18.2 Å². The lowest BCUT2D eigenvalue weighted by molar-refractivity contribution is -0.132. The van der Waals surface area contributed by atoms with E-state index in [0.717, 1.165) is 17.7 Å². The number of likely N-dealkylation sites (tertiary alicyclic amines) is 1. The molecule has 25 heavy (non-hydrogen) atoms. The molecule has 2 heterocycles. The van der Waals surface area contributed by atoms with Crippen molar-refractivity contribution in [1.29, 1.82) is 0 Å². The molecule has 1 N–H and O–H groups in total. The summed E-state index contributed by atoms with van der Waals surface area (Å²) >= 11 is 0. The predicted octanol–water partition coefficient (Wildman–Crippen LogP) is 1.31. The summed E-state index contributed by atoms with van der Waals surface area (Å²) in [6.07, 6.45) is 3.59. The summed E-state index contributed by atoms with van der Waals surface area (Å²) in [7, 11) is 1.81. The van der Waals surface area contributed by atoms with Crippen molar-refractivity contribution >= 4 is 5.91 Å². The molecule has 6 nitrogen and oxygen atoms in total. The molecule has 1 fully saturated rings. The fraction of sp³-hybridized carbons (Fsp3) is 0.412. The molecule has 8 heteroatoms. The third-order valence-electron chi connectivity index (χ3n) is 4.43. The van der Waals surface area contributed by atoms with Gasteiger partial charge >= 0.3 is 0 Å². The van der Waals surface area contributed by atoms with Crippen LogP contribution in [0.2, 0.25) is 0 Å². The summed E-state index contributed by atoms with van der Waals surface area (Å²) < 4.78 is 33.3. The SMILES string of the molecule is Cn1cc([C@@H]2CN(C(=O)COc3ccc(F)cc3F)C[C@H]2CO)cn1. The molecule has 1 aromatic heterocycles. The highest BCUT2D eigenvalue weighted by Gasteiger charge is 2.36. The molecule has 1 aliphatic rings. The smallest absolute Gasteiger partial charge is 0.260 e. The molecule has 1 aliphatic heterocycles. The number of rotatable bonds is 5. The van der Waals surface area contributed by atoms with Crippen molar-refractivity contribution in [2.75, 3.05) is 26.3 Å². The Morgan fingerprint density at radius 3 is 2.84 bits per heavy atom. The molecule has 134 valence electrons. The van der Waals surface area contributed by atoms with Gasteiger partial charge in [0.05, 0.1) is 6.20 Å². The predicted molar refractivity (Wildman–Crippen MR) is 85.0 cm³/mol. The number of aliphatic hydroxyl groups excluding tert-OH is 1. The van der Waals surface area contributed by atoms with Gasteiger partial charge < -0.3 is 14.7 Å². The first-order valence-corrected chi connectivity index (χ1v) is 7.93. The van der Waals surface area contributed by atoms with E-state index in [1.807, 2.05) is 6.20 Å². The van der Waals surface area contributed by atoms with Crippen LogP contribution in [0.15, 0.2) is 30.6 Å². The zero-order chi connectivity index (χ0) is 18.0. The minimum atomic E-state index is -0.851. The molecule has 1 saturated heterocycles. The molecule has 0 aliphatic carbocycles. The topological polar surface area (TPSA) is 67.6 Å². The molecule has 0 unspecified atom stereocenters. The molecule has 1 aromatic carbocycles. The minimum absolute atomic E-state index is 0.00907. The number of hydrogen-bond acceptors (Lipinski definition) is 4. The van der Waals surface area contributed by atoms with Crippen molar-refractivity contribution in [3.05, 3.63) is 47.8 Å². The third kappa shape index (κ3) is 3.79. The van der Waals surface area contributed by atoms with Crippen LogP contribution in [0.3, 0.4) is 0 Å². The zero-order valence-electron chi connectivity index (χ0n) is 13.7. The van der Waals surface area contributed by atoms with Gasteiger partial charge in [0.1, 0.15) is 5.82 Å². The lowest BCUT2D eigenvalue weighted by atomic mass is 9.92. The van der Waals surface area contributed by atoms with E-state index >= 15 is 0 Å². The van der Waals surface area contributed by atoms with E-state index in [-0.39, 0.29) is 36.7 Å². The first kappa shape index (κ1) is 17.3. The van der Waals surface area contributed by atoms with Gasteiger partial charge in [-0.15, -0.1) is 0 Å². The molecule has 2 aromatic rings. The largest absolute Gasteiger partial charge is 0.481 e. The zero-order valence-corrected chi connectivity index (χ0v) is 13.7. The van der Waals surface area contributed by atoms with E-state index in [4.69, 9.17) is 4.74 Å². The van der Waals surface area contributed by atoms with Gasteiger partial charge in [-0.05, 0) is 17.7 Å². The number of amides is 1. The van der Waals surface area contributed by atoms with Gasteiger partial charge in [0.25, 0.3) is 5.91 Å². The molecular formula is C17H19F2N3O3. The van der Waals surface area contributed by atoms with E-state index in [1.165, 1.54) is 0 Å². The molecule has 1 amide bonds. The Balaban J connectivity index is 1.62. The summed E-state index contributed by atoms with van der Waals surface area (Å²) in [4.78, 5) is 13.9. The third-order valence-corrected chi connectivity index (χ3v) is 4.43. The van der Waals surface area contributed by atoms with Crippen molar-refractivity contribution in [2.45, 2.75) is 5.92 Å². The second-order valence-corrected chi connectivity index (χ2v) is 6.16. The van der Waals surface area contributed by atoms with Crippen molar-refractivity contribution in [1.82, 2.24) is 14.7 Å². The Morgan fingerprint density at radius 1 is 1.40 bits per heavy atom. The van der Waals surface area contributed by atoms with Gasteiger partial charge in [0.2, 0.25) is 0 Å². The lowest BCUT2D eigenvalue weighted by Gasteiger charge is -2.16. The molecule has 0 saturated carbocycles. The number of carbonyl (C=O) groups excluding carboxylic acids is 1. The highest BCUT2D eigenvalue weighted by molar-refractivity contribution is 5.78. The lowest BCUT2D eigenvalue weighted by Crippen LogP contribution is -2.33. The minimum Gasteiger partial charge on any atom is -0.481 e. The number of ether oxygens (including phenoxy) is 1. The van der Waals surface area contributed by atoms with Gasteiger partial charge in [0, 0.05) is 50.8 Å². The van der Waals surface area contributed by atoms with E-state index < -0.39 is 11.6 Å². The average Bonchev–Trinajstić information content (AvgIpc) is 3.19. The monoisotopic (exact) mass is 351 g/mol. The van der Waals surface area contributed by atoms with Gasteiger partial charge in [-0.25, -0.2) is 8.78 Å². The fourth-order valence-corrected chi connectivity index (χ4v) is 3.09. The van der Waals surface area contributed by atoms with Gasteiger partial charge in [-0.3, -0.25) is 9.48 Å². The van der Waals surface area contributed by atoms with Crippen molar-refractivity contribution in [3.8, 4) is 5.75 Å². The van der Waals surface area contributed by atoms with Crippen LogP contribution in [0.4, 0.5) is 8.78 Å². The second kappa shape index (κ2) is 7.18. The number of nitrogens with zero attached hydrogens (tertiary/aromatic N) is 3. The summed E-state index contributed by atoms with van der Waals surface area (Å²) in [5.74, 6) is -2.14. The maximum Gasteiger partial charge on any atom is 0.260 e. The van der Waals surface area contributed by atoms with E-state index in [9.17, 15) is 18.7 Å². The Hall–Kier alpha value is -2.48. The number of benzene rings is 1. The highest BCUT2D eigenvalue weighted by atomic mass is 19.1. The Kier molecular flexibility index (Phi) is 4.98. The number of halogens is 2. The van der Waals surface area contributed by atoms with Crippen molar-refractivity contribution in [2.24, 2.45) is 13.0 Å². The van der Waals surface area contributed by atoms with E-state index in [0.29, 0.717) is 19.2 Å². The van der Waals surface area contributed by atoms with Crippen LogP contribution in [-0.2, 0) is 11.8 Å². The summed E-state index contributed by atoms with van der Waals surface area (Å²) in [5.41, 5.74) is 0.961. The van der Waals surface area contributed by atoms with Gasteiger partial charge in [-0.1, -0.05) is 0 Å². The van der Waals surface area contributed by atoms with Crippen LogP contribution in [0.25, 0.3) is 0 Å². The number of hydrogen-bond donors (Lipinski definition) is 1. The molecule has 0 spiro atoms. The van der Waals surface area contributed by atoms with Gasteiger partial charge in [-0.2, -0.15) is 5.10 Å². The van der Waals surface area contributed by atoms with E-state index in [1.54, 1.807) is 22.8 Å². The van der Waals surface area contributed by atoms with Crippen LogP contribution >= 0.6 is 0 Å². The number of carbonyl (C=O) groups is 1. The average molecular weight is 351 g/mol. The quantitative estimate of drug-likeness (QED) is 0.882. The van der Waals surface area contributed by atoms with Crippen LogP contribution in [0.5, 0.6) is 5.75 Å². The second-order valence-electron chi connectivity index (χ2n) is 6.16. The maximum absolute atomic E-state index is 13.5. The molecule has 3 rings (SSSR count). The molecule has 0 radical (unpaired) electrons. The van der Waals surface area contributed by atoms with Crippen LogP contribution in [0.1, 0.15) is 11.5 Å². The summed E-state index contributed by atoms with van der Waals surface area (Å²) in [6, 6.07) is 2.92. The van der Waals surface area contributed by atoms with Crippen LogP contribution in [0, 0.1) is 17.6 Å². The van der Waals surface area contributed by atoms with Crippen LogP contribution < -0.4 is 4.74 Å². The highest BCUT2D eigenvalue weighted by Crippen LogP contribution is 2.32. The Morgan fingerprint density at radius 2 is 2.20 bits per heavy atom. The Bertz CT molecular complexity index is 765. The number of aliphatic hydroxyl groups is 1. The number of aryl methyl sites for hydroxylation is 1.